The zero-order chi connectivity index (χ0) is 28.3. The Labute approximate surface area is 229 Å². The van der Waals surface area contributed by atoms with E-state index in [0.717, 1.165) is 29.3 Å². The molecule has 0 saturated carbocycles. The van der Waals surface area contributed by atoms with Crippen molar-refractivity contribution in [2.24, 2.45) is 5.73 Å². The van der Waals surface area contributed by atoms with E-state index in [-0.39, 0.29) is 23.2 Å². The first-order chi connectivity index (χ1) is 18.5. The molecule has 2 amide bonds. The summed E-state index contributed by atoms with van der Waals surface area (Å²) in [5, 5.41) is -0.251. The Morgan fingerprint density at radius 3 is 2.51 bits per heavy atom. The number of aromatic nitrogens is 1. The van der Waals surface area contributed by atoms with Crippen LogP contribution in [0.4, 0.5) is 18.9 Å². The van der Waals surface area contributed by atoms with Crippen LogP contribution in [0, 0.1) is 0 Å². The van der Waals surface area contributed by atoms with Gasteiger partial charge in [-0.25, -0.2) is 0 Å². The molecule has 1 aromatic heterocycles. The minimum Gasteiger partial charge on any atom is -0.493 e. The number of piperazine rings is 1. The van der Waals surface area contributed by atoms with Crippen LogP contribution in [0.1, 0.15) is 46.5 Å². The third-order valence-corrected chi connectivity index (χ3v) is 7.04. The van der Waals surface area contributed by atoms with Gasteiger partial charge in [0.1, 0.15) is 5.75 Å². The van der Waals surface area contributed by atoms with Crippen molar-refractivity contribution < 1.29 is 27.5 Å². The number of hydrogen-bond acceptors (Lipinski definition) is 5. The lowest BCUT2D eigenvalue weighted by atomic mass is 9.99. The Bertz CT molecular complexity index is 1380. The first-order valence-corrected chi connectivity index (χ1v) is 12.9. The van der Waals surface area contributed by atoms with E-state index in [9.17, 15) is 22.8 Å². The largest absolute Gasteiger partial charge is 0.493 e. The predicted molar refractivity (Wildman–Crippen MR) is 143 cm³/mol. The highest BCUT2D eigenvalue weighted by atomic mass is 35.5. The van der Waals surface area contributed by atoms with Crippen LogP contribution >= 0.6 is 11.6 Å². The van der Waals surface area contributed by atoms with E-state index in [1.54, 1.807) is 29.4 Å². The molecule has 2 heterocycles. The number of nitrogens with zero attached hydrogens (tertiary/aromatic N) is 3. The number of hydrogen-bond donors (Lipinski definition) is 1. The molecule has 0 radical (unpaired) electrons. The molecule has 0 unspecified atom stereocenters. The summed E-state index contributed by atoms with van der Waals surface area (Å²) in [6, 6.07) is 9.72. The number of anilines is 1. The summed E-state index contributed by atoms with van der Waals surface area (Å²) in [7, 11) is 0. The maximum Gasteiger partial charge on any atom is 0.416 e. The van der Waals surface area contributed by atoms with Crippen molar-refractivity contribution >= 4 is 29.1 Å². The standard InChI is InChI=1S/C28H28ClF3N4O3/c1-3-19-16-35(27(38)20-7-6-18(14-23(20)29)28(30,31)32)11-12-36(19)24-8-5-17(13-21(24)26(33)37)22-15-34-10-9-25(22)39-4-2/h5-10,13-15,19H,3-4,11-12,16H2,1-2H3,(H2,33,37)/t19-/m1/s1. The number of pyridine rings is 1. The summed E-state index contributed by atoms with van der Waals surface area (Å²) >= 11 is 6.07. The molecule has 1 fully saturated rings. The molecule has 206 valence electrons. The number of rotatable bonds is 7. The Morgan fingerprint density at radius 1 is 1.10 bits per heavy atom. The van der Waals surface area contributed by atoms with Gasteiger partial charge >= 0.3 is 6.18 Å². The number of ether oxygens (including phenoxy) is 1. The van der Waals surface area contributed by atoms with Gasteiger partial charge in [-0.05, 0) is 55.3 Å². The number of nitrogens with two attached hydrogens (primary N) is 1. The number of primary amides is 1. The van der Waals surface area contributed by atoms with E-state index in [2.05, 4.69) is 4.98 Å². The molecule has 1 atom stereocenters. The van der Waals surface area contributed by atoms with E-state index in [1.807, 2.05) is 30.9 Å². The molecular weight excluding hydrogens is 533 g/mol. The fraction of sp³-hybridized carbons (Fsp3) is 0.321. The zero-order valence-corrected chi connectivity index (χ0v) is 22.2. The van der Waals surface area contributed by atoms with Gasteiger partial charge in [-0.3, -0.25) is 14.6 Å². The van der Waals surface area contributed by atoms with E-state index in [1.165, 1.54) is 0 Å². The van der Waals surface area contributed by atoms with Crippen LogP contribution in [0.2, 0.25) is 5.02 Å². The lowest BCUT2D eigenvalue weighted by Crippen LogP contribution is -2.55. The summed E-state index contributed by atoms with van der Waals surface area (Å²) < 4.78 is 44.8. The third-order valence-electron chi connectivity index (χ3n) is 6.73. The van der Waals surface area contributed by atoms with Gasteiger partial charge in [0.2, 0.25) is 0 Å². The van der Waals surface area contributed by atoms with E-state index < -0.39 is 23.6 Å². The highest BCUT2D eigenvalue weighted by Crippen LogP contribution is 2.35. The van der Waals surface area contributed by atoms with Crippen LogP contribution in [0.3, 0.4) is 0 Å². The van der Waals surface area contributed by atoms with Gasteiger partial charge in [0.25, 0.3) is 11.8 Å². The normalized spacial score (nSPS) is 15.8. The Hall–Kier alpha value is -3.79. The molecule has 0 bridgehead atoms. The average molecular weight is 561 g/mol. The predicted octanol–water partition coefficient (Wildman–Crippen LogP) is 5.66. The molecule has 4 rings (SSSR count). The zero-order valence-electron chi connectivity index (χ0n) is 21.5. The van der Waals surface area contributed by atoms with Crippen LogP contribution in [-0.2, 0) is 6.18 Å². The monoisotopic (exact) mass is 560 g/mol. The van der Waals surface area contributed by atoms with Crippen LogP contribution < -0.4 is 15.4 Å². The number of alkyl halides is 3. The van der Waals surface area contributed by atoms with Crippen molar-refractivity contribution in [3.63, 3.8) is 0 Å². The first kappa shape index (κ1) is 28.2. The molecule has 3 aromatic rings. The van der Waals surface area contributed by atoms with Crippen LogP contribution in [0.15, 0.2) is 54.9 Å². The quantitative estimate of drug-likeness (QED) is 0.403. The molecule has 2 aromatic carbocycles. The van der Waals surface area contributed by atoms with Crippen molar-refractivity contribution in [3.05, 3.63) is 76.6 Å². The van der Waals surface area contributed by atoms with Gasteiger partial charge in [-0.2, -0.15) is 13.2 Å². The Kier molecular flexibility index (Phi) is 8.34. The molecule has 39 heavy (non-hydrogen) atoms. The molecule has 1 aliphatic rings. The minimum absolute atomic E-state index is 0.0109. The minimum atomic E-state index is -4.56. The maximum atomic E-state index is 13.2. The molecule has 7 nitrogen and oxygen atoms in total. The second-order valence-corrected chi connectivity index (χ2v) is 9.51. The molecule has 11 heteroatoms. The van der Waals surface area contributed by atoms with E-state index >= 15 is 0 Å². The molecule has 1 saturated heterocycles. The number of amides is 2. The summed E-state index contributed by atoms with van der Waals surface area (Å²) in [5.74, 6) is -0.410. The van der Waals surface area contributed by atoms with Gasteiger partial charge in [0, 0.05) is 49.3 Å². The smallest absolute Gasteiger partial charge is 0.416 e. The third kappa shape index (κ3) is 5.95. The molecule has 0 aliphatic carbocycles. The molecular formula is C28H28ClF3N4O3. The fourth-order valence-corrected chi connectivity index (χ4v) is 5.03. The lowest BCUT2D eigenvalue weighted by molar-refractivity contribution is -0.137. The summed E-state index contributed by atoms with van der Waals surface area (Å²) in [4.78, 5) is 33.5. The SMILES string of the molecule is CCOc1ccncc1-c1ccc(N2CCN(C(=O)c3ccc(C(F)(F)F)cc3Cl)C[C@H]2CC)c(C(N)=O)c1. The Balaban J connectivity index is 1.60. The summed E-state index contributed by atoms with van der Waals surface area (Å²) in [6.45, 7) is 5.27. The number of halogens is 4. The maximum absolute atomic E-state index is 13.2. The van der Waals surface area contributed by atoms with Crippen molar-refractivity contribution in [2.45, 2.75) is 32.5 Å². The van der Waals surface area contributed by atoms with Gasteiger partial charge in [0.15, 0.2) is 0 Å². The molecule has 1 aliphatic heterocycles. The van der Waals surface area contributed by atoms with Crippen LogP contribution in [-0.4, -0.2) is 54.0 Å². The highest BCUT2D eigenvalue weighted by molar-refractivity contribution is 6.33. The fourth-order valence-electron chi connectivity index (χ4n) is 4.77. The van der Waals surface area contributed by atoms with Crippen molar-refractivity contribution in [1.82, 2.24) is 9.88 Å². The van der Waals surface area contributed by atoms with Crippen molar-refractivity contribution in [1.29, 1.82) is 0 Å². The van der Waals surface area contributed by atoms with Crippen molar-refractivity contribution in [3.8, 4) is 16.9 Å². The number of carbonyl (C=O) groups excluding carboxylic acids is 2. The highest BCUT2D eigenvalue weighted by Gasteiger charge is 2.34. The first-order valence-electron chi connectivity index (χ1n) is 12.5. The van der Waals surface area contributed by atoms with E-state index in [0.29, 0.717) is 43.1 Å². The molecule has 2 N–H and O–H groups in total. The summed E-state index contributed by atoms with van der Waals surface area (Å²) in [5.41, 5.74) is 7.30. The van der Waals surface area contributed by atoms with Gasteiger partial charge in [-0.15, -0.1) is 0 Å². The van der Waals surface area contributed by atoms with Gasteiger partial charge in [0.05, 0.1) is 28.3 Å². The lowest BCUT2D eigenvalue weighted by Gasteiger charge is -2.43. The number of benzene rings is 2. The average Bonchev–Trinajstić information content (AvgIpc) is 2.92. The van der Waals surface area contributed by atoms with Crippen LogP contribution in [0.5, 0.6) is 5.75 Å². The second kappa shape index (κ2) is 11.5. The van der Waals surface area contributed by atoms with Gasteiger partial charge < -0.3 is 20.3 Å². The summed E-state index contributed by atoms with van der Waals surface area (Å²) in [6.07, 6.45) is -0.625. The van der Waals surface area contributed by atoms with E-state index in [4.69, 9.17) is 22.1 Å². The topological polar surface area (TPSA) is 88.8 Å². The van der Waals surface area contributed by atoms with Gasteiger partial charge in [-0.1, -0.05) is 24.6 Å². The second-order valence-electron chi connectivity index (χ2n) is 9.10. The molecule has 0 spiro atoms. The van der Waals surface area contributed by atoms with Crippen LogP contribution in [0.25, 0.3) is 11.1 Å². The number of carbonyl (C=O) groups is 2. The van der Waals surface area contributed by atoms with Crippen molar-refractivity contribution in [2.75, 3.05) is 31.1 Å². The Morgan fingerprint density at radius 2 is 1.87 bits per heavy atom.